The number of benzene rings is 1. The lowest BCUT2D eigenvalue weighted by molar-refractivity contribution is -0.137. The topological polar surface area (TPSA) is 70.1 Å². The van der Waals surface area contributed by atoms with Crippen molar-refractivity contribution in [3.8, 4) is 0 Å². The van der Waals surface area contributed by atoms with Gasteiger partial charge in [-0.15, -0.1) is 11.8 Å². The second-order valence-corrected chi connectivity index (χ2v) is 5.24. The third-order valence-electron chi connectivity index (χ3n) is 2.18. The van der Waals surface area contributed by atoms with E-state index < -0.39 is 17.6 Å². The molecule has 1 aromatic carbocycles. The van der Waals surface area contributed by atoms with Crippen LogP contribution in [0.25, 0.3) is 0 Å². The van der Waals surface area contributed by atoms with E-state index in [1.54, 1.807) is 6.92 Å². The van der Waals surface area contributed by atoms with E-state index in [-0.39, 0.29) is 17.4 Å². The first-order valence-electron chi connectivity index (χ1n) is 5.09. The maximum Gasteiger partial charge on any atom is 0.417 e. The van der Waals surface area contributed by atoms with E-state index in [1.165, 1.54) is 23.9 Å². The molecule has 18 heavy (non-hydrogen) atoms. The maximum atomic E-state index is 12.7. The van der Waals surface area contributed by atoms with Crippen LogP contribution in [0.2, 0.25) is 0 Å². The molecule has 7 heteroatoms. The molecule has 0 bridgehead atoms. The Morgan fingerprint density at radius 3 is 2.56 bits per heavy atom. The SMILES string of the molecule is CC(CO)Sc1ccc(C(F)(F)F)c(C(=N)N)c1. The van der Waals surface area contributed by atoms with Gasteiger partial charge in [0.05, 0.1) is 12.2 Å². The number of nitrogens with one attached hydrogen (secondary N) is 1. The number of hydrogen-bond donors (Lipinski definition) is 3. The Morgan fingerprint density at radius 2 is 2.11 bits per heavy atom. The Bertz CT molecular complexity index is 448. The van der Waals surface area contributed by atoms with Crippen LogP contribution in [0.1, 0.15) is 18.1 Å². The van der Waals surface area contributed by atoms with Crippen molar-refractivity contribution < 1.29 is 18.3 Å². The Balaban J connectivity index is 3.16. The van der Waals surface area contributed by atoms with Crippen LogP contribution in [0.4, 0.5) is 13.2 Å². The Hall–Kier alpha value is -1.21. The lowest BCUT2D eigenvalue weighted by atomic mass is 10.1. The van der Waals surface area contributed by atoms with Crippen LogP contribution in [-0.4, -0.2) is 22.8 Å². The lowest BCUT2D eigenvalue weighted by Gasteiger charge is -2.14. The number of nitrogen functional groups attached to an aromatic ring is 1. The van der Waals surface area contributed by atoms with Gasteiger partial charge in [-0.3, -0.25) is 5.41 Å². The fourth-order valence-electron chi connectivity index (χ4n) is 1.34. The largest absolute Gasteiger partial charge is 0.417 e. The number of thioether (sulfide) groups is 1. The van der Waals surface area contributed by atoms with E-state index in [4.69, 9.17) is 16.2 Å². The van der Waals surface area contributed by atoms with Gasteiger partial charge >= 0.3 is 6.18 Å². The Labute approximate surface area is 107 Å². The van der Waals surface area contributed by atoms with E-state index >= 15 is 0 Å². The van der Waals surface area contributed by atoms with Crippen molar-refractivity contribution in [2.24, 2.45) is 5.73 Å². The van der Waals surface area contributed by atoms with Gasteiger partial charge in [0.25, 0.3) is 0 Å². The number of amidine groups is 1. The van der Waals surface area contributed by atoms with Gasteiger partial charge in [0.1, 0.15) is 5.84 Å². The summed E-state index contributed by atoms with van der Waals surface area (Å²) in [7, 11) is 0. The first kappa shape index (κ1) is 14.8. The van der Waals surface area contributed by atoms with Crippen molar-refractivity contribution >= 4 is 17.6 Å². The summed E-state index contributed by atoms with van der Waals surface area (Å²) in [5.41, 5.74) is 3.91. The highest BCUT2D eigenvalue weighted by molar-refractivity contribution is 8.00. The van der Waals surface area contributed by atoms with Crippen molar-refractivity contribution in [1.82, 2.24) is 0 Å². The summed E-state index contributed by atoms with van der Waals surface area (Å²) in [5.74, 6) is -0.624. The molecule has 1 unspecified atom stereocenters. The van der Waals surface area contributed by atoms with E-state index in [0.29, 0.717) is 4.90 Å². The number of rotatable bonds is 4. The predicted molar refractivity (Wildman–Crippen MR) is 64.9 cm³/mol. The molecule has 0 aliphatic heterocycles. The van der Waals surface area contributed by atoms with Crippen molar-refractivity contribution in [3.05, 3.63) is 29.3 Å². The molecule has 0 aliphatic rings. The Kier molecular flexibility index (Phi) is 4.64. The van der Waals surface area contributed by atoms with E-state index in [9.17, 15) is 13.2 Å². The number of alkyl halides is 3. The Morgan fingerprint density at radius 1 is 1.50 bits per heavy atom. The fraction of sp³-hybridized carbons (Fsp3) is 0.364. The highest BCUT2D eigenvalue weighted by atomic mass is 32.2. The molecule has 0 saturated heterocycles. The van der Waals surface area contributed by atoms with Crippen LogP contribution in [0.3, 0.4) is 0 Å². The normalized spacial score (nSPS) is 13.4. The van der Waals surface area contributed by atoms with E-state index in [1.807, 2.05) is 0 Å². The molecule has 0 amide bonds. The molecule has 0 fully saturated rings. The zero-order valence-electron chi connectivity index (χ0n) is 9.58. The molecule has 0 aromatic heterocycles. The smallest absolute Gasteiger partial charge is 0.395 e. The highest BCUT2D eigenvalue weighted by Gasteiger charge is 2.34. The van der Waals surface area contributed by atoms with Gasteiger partial charge in [-0.1, -0.05) is 6.92 Å². The van der Waals surface area contributed by atoms with E-state index in [0.717, 1.165) is 6.07 Å². The predicted octanol–water partition coefficient (Wildman–Crippen LogP) is 2.46. The summed E-state index contributed by atoms with van der Waals surface area (Å²) in [6.45, 7) is 1.66. The minimum Gasteiger partial charge on any atom is -0.395 e. The summed E-state index contributed by atoms with van der Waals surface area (Å²) in [5, 5.41) is 16.0. The third-order valence-corrected chi connectivity index (χ3v) is 3.26. The molecule has 0 spiro atoms. The van der Waals surface area contributed by atoms with Crippen molar-refractivity contribution in [1.29, 1.82) is 5.41 Å². The summed E-state index contributed by atoms with van der Waals surface area (Å²) in [6.07, 6.45) is -4.53. The zero-order chi connectivity index (χ0) is 13.9. The number of halogens is 3. The van der Waals surface area contributed by atoms with Gasteiger partial charge in [0.2, 0.25) is 0 Å². The van der Waals surface area contributed by atoms with Gasteiger partial charge in [0.15, 0.2) is 0 Å². The summed E-state index contributed by atoms with van der Waals surface area (Å²) >= 11 is 1.22. The van der Waals surface area contributed by atoms with Crippen LogP contribution in [0.5, 0.6) is 0 Å². The summed E-state index contributed by atoms with van der Waals surface area (Å²) in [6, 6.07) is 3.44. The molecule has 1 atom stereocenters. The maximum absolute atomic E-state index is 12.7. The van der Waals surface area contributed by atoms with Crippen molar-refractivity contribution in [3.63, 3.8) is 0 Å². The van der Waals surface area contributed by atoms with Gasteiger partial charge in [-0.05, 0) is 18.2 Å². The van der Waals surface area contributed by atoms with Gasteiger partial charge in [0, 0.05) is 15.7 Å². The zero-order valence-corrected chi connectivity index (χ0v) is 10.4. The van der Waals surface area contributed by atoms with Crippen LogP contribution in [0.15, 0.2) is 23.1 Å². The fourth-order valence-corrected chi connectivity index (χ4v) is 2.21. The monoisotopic (exact) mass is 278 g/mol. The second kappa shape index (κ2) is 5.62. The van der Waals surface area contributed by atoms with Crippen LogP contribution >= 0.6 is 11.8 Å². The number of aliphatic hydroxyl groups is 1. The van der Waals surface area contributed by atoms with Crippen LogP contribution in [-0.2, 0) is 6.18 Å². The third kappa shape index (κ3) is 3.64. The standard InChI is InChI=1S/C11H13F3N2OS/c1-6(5-17)18-7-2-3-9(11(12,13)14)8(4-7)10(15)16/h2-4,6,17H,5H2,1H3,(H3,15,16). The molecular formula is C11H13F3N2OS. The second-order valence-electron chi connectivity index (χ2n) is 3.73. The van der Waals surface area contributed by atoms with Crippen LogP contribution < -0.4 is 5.73 Å². The van der Waals surface area contributed by atoms with Crippen molar-refractivity contribution in [2.75, 3.05) is 6.61 Å². The molecule has 1 aromatic rings. The quantitative estimate of drug-likeness (QED) is 0.450. The molecule has 3 nitrogen and oxygen atoms in total. The number of aliphatic hydroxyl groups excluding tert-OH is 1. The molecule has 0 heterocycles. The molecule has 0 saturated carbocycles. The molecule has 0 radical (unpaired) electrons. The molecule has 0 aliphatic carbocycles. The summed E-state index contributed by atoms with van der Waals surface area (Å²) < 4.78 is 38.0. The first-order chi connectivity index (χ1) is 8.25. The minimum absolute atomic E-state index is 0.0822. The summed E-state index contributed by atoms with van der Waals surface area (Å²) in [4.78, 5) is 0.537. The van der Waals surface area contributed by atoms with Crippen molar-refractivity contribution in [2.45, 2.75) is 23.2 Å². The minimum atomic E-state index is -4.53. The van der Waals surface area contributed by atoms with E-state index in [2.05, 4.69) is 0 Å². The lowest BCUT2D eigenvalue weighted by Crippen LogP contribution is -2.19. The first-order valence-corrected chi connectivity index (χ1v) is 5.96. The molecular weight excluding hydrogens is 265 g/mol. The average Bonchev–Trinajstić information content (AvgIpc) is 2.27. The number of nitrogens with two attached hydrogens (primary N) is 1. The molecule has 4 N–H and O–H groups in total. The van der Waals surface area contributed by atoms with Gasteiger partial charge in [-0.25, -0.2) is 0 Å². The number of hydrogen-bond acceptors (Lipinski definition) is 3. The van der Waals surface area contributed by atoms with Gasteiger partial charge in [-0.2, -0.15) is 13.2 Å². The van der Waals surface area contributed by atoms with Gasteiger partial charge < -0.3 is 10.8 Å². The molecule has 1 rings (SSSR count). The average molecular weight is 278 g/mol. The molecule has 100 valence electrons. The highest BCUT2D eigenvalue weighted by Crippen LogP contribution is 2.34. The van der Waals surface area contributed by atoms with Crippen LogP contribution in [0, 0.1) is 5.41 Å².